The lowest BCUT2D eigenvalue weighted by molar-refractivity contribution is 0.415. The highest BCUT2D eigenvalue weighted by Gasteiger charge is 2.17. The largest absolute Gasteiger partial charge is 0.497 e. The quantitative estimate of drug-likeness (QED) is 0.540. The molecule has 2 aromatic carbocycles. The second kappa shape index (κ2) is 5.77. The highest BCUT2D eigenvalue weighted by molar-refractivity contribution is 14.1. The Morgan fingerprint density at radius 3 is 2.29 bits per heavy atom. The zero-order chi connectivity index (χ0) is 15.0. The molecule has 3 rings (SSSR count). The first-order chi connectivity index (χ1) is 10.1. The van der Waals surface area contributed by atoms with Gasteiger partial charge in [0.25, 0.3) is 0 Å². The average Bonchev–Trinajstić information content (AvgIpc) is 2.85. The van der Waals surface area contributed by atoms with Crippen LogP contribution in [0.3, 0.4) is 0 Å². The fourth-order valence-corrected chi connectivity index (χ4v) is 3.22. The molecule has 3 aromatic rings. The van der Waals surface area contributed by atoms with E-state index in [9.17, 15) is 0 Å². The molecule has 0 spiro atoms. The number of benzene rings is 2. The number of ether oxygens (including phenoxy) is 2. The Kier molecular flexibility index (Phi) is 3.99. The van der Waals surface area contributed by atoms with E-state index in [1.54, 1.807) is 20.3 Å². The van der Waals surface area contributed by atoms with Crippen LogP contribution in [0.1, 0.15) is 0 Å². The highest BCUT2D eigenvalue weighted by Crippen LogP contribution is 2.40. The summed E-state index contributed by atoms with van der Waals surface area (Å²) in [7, 11) is 3.26. The monoisotopic (exact) mass is 414 g/mol. The van der Waals surface area contributed by atoms with E-state index in [4.69, 9.17) is 25.5 Å². The molecule has 108 valence electrons. The first-order valence-electron chi connectivity index (χ1n) is 6.24. The van der Waals surface area contributed by atoms with E-state index >= 15 is 0 Å². The van der Waals surface area contributed by atoms with Crippen molar-refractivity contribution in [3.63, 3.8) is 0 Å². The number of furan rings is 1. The van der Waals surface area contributed by atoms with Crippen molar-refractivity contribution in [2.75, 3.05) is 14.2 Å². The molecule has 5 heteroatoms. The molecule has 1 aromatic heterocycles. The Bertz CT molecular complexity index is 793. The van der Waals surface area contributed by atoms with Crippen LogP contribution in [0.4, 0.5) is 0 Å². The van der Waals surface area contributed by atoms with Crippen molar-refractivity contribution in [2.45, 2.75) is 0 Å². The zero-order valence-electron chi connectivity index (χ0n) is 11.4. The van der Waals surface area contributed by atoms with Gasteiger partial charge in [0.15, 0.2) is 5.58 Å². The second-order valence-electron chi connectivity index (χ2n) is 4.46. The van der Waals surface area contributed by atoms with Crippen molar-refractivity contribution in [3.05, 3.63) is 45.0 Å². The second-order valence-corrected chi connectivity index (χ2v) is 5.95. The maximum absolute atomic E-state index is 6.26. The lowest BCUT2D eigenvalue weighted by Gasteiger charge is -2.01. The van der Waals surface area contributed by atoms with Gasteiger partial charge in [-0.15, -0.1) is 0 Å². The molecule has 0 saturated carbocycles. The Balaban J connectivity index is 2.18. The molecule has 0 atom stereocenters. The maximum Gasteiger partial charge on any atom is 0.154 e. The molecule has 0 radical (unpaired) electrons. The van der Waals surface area contributed by atoms with E-state index in [1.807, 2.05) is 30.3 Å². The summed E-state index contributed by atoms with van der Waals surface area (Å²) in [4.78, 5) is 0. The minimum Gasteiger partial charge on any atom is -0.497 e. The van der Waals surface area contributed by atoms with Crippen molar-refractivity contribution in [1.29, 1.82) is 0 Å². The molecule has 0 aliphatic rings. The van der Waals surface area contributed by atoms with Crippen molar-refractivity contribution >= 4 is 45.2 Å². The standard InChI is InChI=1S/C16H12ClIO3/c1-19-10-5-3-9(4-6-10)15-14(18)12-7-11(20-2)8-13(17)16(12)21-15/h3-8H,1-2H3. The Morgan fingerprint density at radius 1 is 1.00 bits per heavy atom. The number of hydrogen-bond donors (Lipinski definition) is 0. The van der Waals surface area contributed by atoms with E-state index < -0.39 is 0 Å². The summed E-state index contributed by atoms with van der Waals surface area (Å²) in [5.74, 6) is 2.32. The van der Waals surface area contributed by atoms with Crippen LogP contribution in [0.2, 0.25) is 5.02 Å². The van der Waals surface area contributed by atoms with Gasteiger partial charge in [-0.05, 0) is 52.9 Å². The van der Waals surface area contributed by atoms with Gasteiger partial charge in [0.1, 0.15) is 17.3 Å². The molecule has 21 heavy (non-hydrogen) atoms. The predicted octanol–water partition coefficient (Wildman–Crippen LogP) is 5.38. The van der Waals surface area contributed by atoms with Crippen molar-refractivity contribution in [2.24, 2.45) is 0 Å². The van der Waals surface area contributed by atoms with Crippen LogP contribution in [0.15, 0.2) is 40.8 Å². The number of halogens is 2. The third-order valence-electron chi connectivity index (χ3n) is 3.24. The van der Waals surface area contributed by atoms with Gasteiger partial charge in [0.2, 0.25) is 0 Å². The highest BCUT2D eigenvalue weighted by atomic mass is 127. The minimum absolute atomic E-state index is 0.544. The van der Waals surface area contributed by atoms with Crippen molar-refractivity contribution in [3.8, 4) is 22.8 Å². The third-order valence-corrected chi connectivity index (χ3v) is 4.60. The van der Waals surface area contributed by atoms with Crippen LogP contribution in [0.25, 0.3) is 22.3 Å². The molecule has 0 unspecified atom stereocenters. The maximum atomic E-state index is 6.26. The van der Waals surface area contributed by atoms with Crippen molar-refractivity contribution in [1.82, 2.24) is 0 Å². The van der Waals surface area contributed by atoms with Crippen LogP contribution in [-0.2, 0) is 0 Å². The Labute approximate surface area is 140 Å². The number of rotatable bonds is 3. The van der Waals surface area contributed by atoms with Crippen molar-refractivity contribution < 1.29 is 13.9 Å². The summed E-state index contributed by atoms with van der Waals surface area (Å²) in [6.45, 7) is 0. The smallest absolute Gasteiger partial charge is 0.154 e. The molecular formula is C16H12ClIO3. The molecule has 3 nitrogen and oxygen atoms in total. The van der Waals surface area contributed by atoms with Gasteiger partial charge in [-0.25, -0.2) is 0 Å². The van der Waals surface area contributed by atoms with Gasteiger partial charge >= 0.3 is 0 Å². The number of methoxy groups -OCH3 is 2. The van der Waals surface area contributed by atoms with Gasteiger partial charge in [0, 0.05) is 17.0 Å². The van der Waals surface area contributed by atoms with Crippen LogP contribution in [0, 0.1) is 3.57 Å². The Hall–Kier alpha value is -1.40. The van der Waals surface area contributed by atoms with Crippen LogP contribution in [0.5, 0.6) is 11.5 Å². The SMILES string of the molecule is COc1ccc(-c2oc3c(Cl)cc(OC)cc3c2I)cc1. The topological polar surface area (TPSA) is 31.6 Å². The van der Waals surface area contributed by atoms with Gasteiger partial charge < -0.3 is 13.9 Å². The third kappa shape index (κ3) is 2.58. The Morgan fingerprint density at radius 2 is 1.67 bits per heavy atom. The molecule has 0 aliphatic carbocycles. The van der Waals surface area contributed by atoms with E-state index in [2.05, 4.69) is 22.6 Å². The summed E-state index contributed by atoms with van der Waals surface area (Å²) >= 11 is 8.53. The van der Waals surface area contributed by atoms with Gasteiger partial charge in [-0.3, -0.25) is 0 Å². The molecule has 0 amide bonds. The summed E-state index contributed by atoms with van der Waals surface area (Å²) in [5, 5.41) is 1.49. The fourth-order valence-electron chi connectivity index (χ4n) is 2.15. The molecule has 0 saturated heterocycles. The zero-order valence-corrected chi connectivity index (χ0v) is 14.4. The van der Waals surface area contributed by atoms with Crippen LogP contribution < -0.4 is 9.47 Å². The van der Waals surface area contributed by atoms with Crippen LogP contribution in [-0.4, -0.2) is 14.2 Å². The summed E-state index contributed by atoms with van der Waals surface area (Å²) in [5.41, 5.74) is 1.65. The van der Waals surface area contributed by atoms with Gasteiger partial charge in [-0.1, -0.05) is 11.6 Å². The summed E-state index contributed by atoms with van der Waals surface area (Å²) < 4.78 is 17.4. The predicted molar refractivity (Wildman–Crippen MR) is 92.5 cm³/mol. The fraction of sp³-hybridized carbons (Fsp3) is 0.125. The normalized spacial score (nSPS) is 10.9. The van der Waals surface area contributed by atoms with Gasteiger partial charge in [-0.2, -0.15) is 0 Å². The van der Waals surface area contributed by atoms with Crippen LogP contribution >= 0.6 is 34.2 Å². The number of hydrogen-bond acceptors (Lipinski definition) is 3. The first-order valence-corrected chi connectivity index (χ1v) is 7.69. The minimum atomic E-state index is 0.544. The molecule has 0 aliphatic heterocycles. The van der Waals surface area contributed by atoms with E-state index in [-0.39, 0.29) is 0 Å². The summed E-state index contributed by atoms with van der Waals surface area (Å²) in [6.07, 6.45) is 0. The average molecular weight is 415 g/mol. The first kappa shape index (κ1) is 14.5. The van der Waals surface area contributed by atoms with E-state index in [0.29, 0.717) is 16.4 Å². The van der Waals surface area contributed by atoms with E-state index in [0.717, 1.165) is 26.0 Å². The molecule has 0 bridgehead atoms. The molecular weight excluding hydrogens is 403 g/mol. The van der Waals surface area contributed by atoms with Gasteiger partial charge in [0.05, 0.1) is 22.8 Å². The summed E-state index contributed by atoms with van der Waals surface area (Å²) in [6, 6.07) is 11.4. The molecule has 0 fully saturated rings. The van der Waals surface area contributed by atoms with E-state index in [1.165, 1.54) is 0 Å². The molecule has 0 N–H and O–H groups in total. The molecule has 1 heterocycles. The number of fused-ring (bicyclic) bond motifs is 1. The lowest BCUT2D eigenvalue weighted by atomic mass is 10.1. The lowest BCUT2D eigenvalue weighted by Crippen LogP contribution is -1.83.